The quantitative estimate of drug-likeness (QED) is 0.830. The van der Waals surface area contributed by atoms with Crippen LogP contribution < -0.4 is 0 Å². The molecule has 1 aromatic carbocycles. The highest BCUT2D eigenvalue weighted by Gasteiger charge is 2.33. The van der Waals surface area contributed by atoms with Crippen molar-refractivity contribution in [1.29, 1.82) is 0 Å². The Kier molecular flexibility index (Phi) is 4.12. The molecule has 0 N–H and O–H groups in total. The maximum absolute atomic E-state index is 13.0. The molecule has 18 heavy (non-hydrogen) atoms. The van der Waals surface area contributed by atoms with Crippen LogP contribution in [0.5, 0.6) is 0 Å². The van der Waals surface area contributed by atoms with E-state index in [4.69, 9.17) is 4.74 Å². The fraction of sp³-hybridized carbons (Fsp3) is 0.462. The van der Waals surface area contributed by atoms with Crippen LogP contribution in [0.3, 0.4) is 0 Å². The monoisotopic (exact) mass is 255 g/mol. The topological polar surface area (TPSA) is 29.5 Å². The van der Waals surface area contributed by atoms with Crippen molar-refractivity contribution in [2.24, 2.45) is 0 Å². The first-order chi connectivity index (χ1) is 8.68. The molecule has 0 bridgehead atoms. The number of alkyl halides is 2. The number of benzene rings is 1. The van der Waals surface area contributed by atoms with Crippen molar-refractivity contribution in [2.75, 3.05) is 6.61 Å². The third kappa shape index (κ3) is 2.97. The van der Waals surface area contributed by atoms with Crippen molar-refractivity contribution < 1.29 is 18.3 Å². The highest BCUT2D eigenvalue weighted by atomic mass is 19.3. The number of carbonyl (C=O) groups is 1. The van der Waals surface area contributed by atoms with Gasteiger partial charge in [-0.15, -0.1) is 0 Å². The number of hydrogen-bond acceptors (Lipinski definition) is 2. The largest absolute Gasteiger partial charge is 0.449 e. The summed E-state index contributed by atoms with van der Waals surface area (Å²) in [5, 5.41) is 0. The van der Waals surface area contributed by atoms with E-state index in [9.17, 15) is 13.6 Å². The van der Waals surface area contributed by atoms with Crippen molar-refractivity contribution in [3.8, 4) is 0 Å². The highest BCUT2D eigenvalue weighted by Crippen LogP contribution is 2.22. The highest BCUT2D eigenvalue weighted by molar-refractivity contribution is 5.68. The molecule has 1 aromatic rings. The minimum atomic E-state index is -2.54. The van der Waals surface area contributed by atoms with Crippen LogP contribution in [-0.2, 0) is 11.3 Å². The van der Waals surface area contributed by atoms with Crippen molar-refractivity contribution >= 4 is 6.09 Å². The van der Waals surface area contributed by atoms with E-state index in [1.54, 1.807) is 12.1 Å². The lowest BCUT2D eigenvalue weighted by Gasteiger charge is -2.27. The average molecular weight is 255 g/mol. The number of cyclic esters (lactones) is 1. The molecule has 1 atom stereocenters. The van der Waals surface area contributed by atoms with E-state index in [0.717, 1.165) is 10.5 Å². The smallest absolute Gasteiger partial charge is 0.410 e. The molecule has 1 fully saturated rings. The molecular weight excluding hydrogens is 240 g/mol. The van der Waals surface area contributed by atoms with Crippen LogP contribution in [0.4, 0.5) is 13.6 Å². The third-order valence-electron chi connectivity index (χ3n) is 2.99. The molecular formula is C13H15F2NO2. The molecule has 1 aliphatic heterocycles. The number of carbonyl (C=O) groups excluding carboxylic acids is 1. The fourth-order valence-corrected chi connectivity index (χ4v) is 2.05. The first-order valence-corrected chi connectivity index (χ1v) is 5.94. The predicted octanol–water partition coefficient (Wildman–Crippen LogP) is 3.05. The summed E-state index contributed by atoms with van der Waals surface area (Å²) in [5.74, 6) is 0. The lowest BCUT2D eigenvalue weighted by Crippen LogP contribution is -2.42. The van der Waals surface area contributed by atoms with E-state index in [1.807, 2.05) is 18.2 Å². The molecule has 1 saturated heterocycles. The lowest BCUT2D eigenvalue weighted by molar-refractivity contribution is 0.0252. The second-order valence-corrected chi connectivity index (χ2v) is 4.27. The molecule has 3 nitrogen and oxygen atoms in total. The maximum atomic E-state index is 13.0. The Balaban J connectivity index is 2.16. The van der Waals surface area contributed by atoms with Gasteiger partial charge in [-0.05, 0) is 18.4 Å². The van der Waals surface area contributed by atoms with E-state index >= 15 is 0 Å². The summed E-state index contributed by atoms with van der Waals surface area (Å²) < 4.78 is 30.9. The lowest BCUT2D eigenvalue weighted by atomic mass is 10.1. The van der Waals surface area contributed by atoms with E-state index in [2.05, 4.69) is 0 Å². The zero-order chi connectivity index (χ0) is 13.0. The van der Waals surface area contributed by atoms with Crippen LogP contribution in [0.15, 0.2) is 30.3 Å². The van der Waals surface area contributed by atoms with E-state index in [0.29, 0.717) is 6.42 Å². The summed E-state index contributed by atoms with van der Waals surface area (Å²) in [6.45, 7) is 0.377. The fourth-order valence-electron chi connectivity index (χ4n) is 2.05. The summed E-state index contributed by atoms with van der Waals surface area (Å²) >= 11 is 0. The molecule has 5 heteroatoms. The summed E-state index contributed by atoms with van der Waals surface area (Å²) in [4.78, 5) is 12.8. The average Bonchev–Trinajstić information content (AvgIpc) is 2.54. The molecule has 0 spiro atoms. The van der Waals surface area contributed by atoms with Crippen molar-refractivity contribution in [3.63, 3.8) is 0 Å². The molecule has 1 aliphatic rings. The van der Waals surface area contributed by atoms with Gasteiger partial charge in [-0.1, -0.05) is 30.3 Å². The molecule has 0 radical (unpaired) electrons. The van der Waals surface area contributed by atoms with Crippen LogP contribution in [0.2, 0.25) is 0 Å². The molecule has 1 amide bonds. The minimum Gasteiger partial charge on any atom is -0.449 e. The summed E-state index contributed by atoms with van der Waals surface area (Å²) in [5.41, 5.74) is 0.821. The third-order valence-corrected chi connectivity index (χ3v) is 2.99. The molecule has 98 valence electrons. The summed E-state index contributed by atoms with van der Waals surface area (Å²) in [6, 6.07) is 8.03. The Morgan fingerprint density at radius 1 is 1.33 bits per heavy atom. The predicted molar refractivity (Wildman–Crippen MR) is 62.4 cm³/mol. The Morgan fingerprint density at radius 2 is 2.06 bits per heavy atom. The van der Waals surface area contributed by atoms with Gasteiger partial charge in [-0.3, -0.25) is 4.90 Å². The molecule has 0 aliphatic carbocycles. The van der Waals surface area contributed by atoms with Gasteiger partial charge in [0.1, 0.15) is 0 Å². The molecule has 0 saturated carbocycles. The Labute approximate surface area is 104 Å². The van der Waals surface area contributed by atoms with Crippen molar-refractivity contribution in [3.05, 3.63) is 35.9 Å². The zero-order valence-electron chi connectivity index (χ0n) is 9.89. The molecule has 1 unspecified atom stereocenters. The summed E-state index contributed by atoms with van der Waals surface area (Å²) in [7, 11) is 0. The van der Waals surface area contributed by atoms with Crippen LogP contribution in [-0.4, -0.2) is 30.1 Å². The van der Waals surface area contributed by atoms with Gasteiger partial charge in [-0.25, -0.2) is 13.6 Å². The van der Waals surface area contributed by atoms with Gasteiger partial charge in [-0.2, -0.15) is 0 Å². The van der Waals surface area contributed by atoms with Crippen LogP contribution in [0.1, 0.15) is 18.4 Å². The number of amides is 1. The standard InChI is InChI=1S/C13H15F2NO2/c14-12(15)11-7-4-8-18-13(17)16(11)9-10-5-2-1-3-6-10/h1-3,5-6,11-12H,4,7-9H2. The zero-order valence-corrected chi connectivity index (χ0v) is 9.89. The van der Waals surface area contributed by atoms with Gasteiger partial charge in [0, 0.05) is 6.54 Å². The van der Waals surface area contributed by atoms with Gasteiger partial charge in [0.05, 0.1) is 12.6 Å². The number of ether oxygens (including phenoxy) is 1. The normalized spacial score (nSPS) is 20.7. The van der Waals surface area contributed by atoms with Crippen LogP contribution >= 0.6 is 0 Å². The minimum absolute atomic E-state index is 0.161. The second-order valence-electron chi connectivity index (χ2n) is 4.27. The van der Waals surface area contributed by atoms with E-state index < -0.39 is 18.6 Å². The summed E-state index contributed by atoms with van der Waals surface area (Å²) in [6.07, 6.45) is -2.44. The number of halogens is 2. The Bertz CT molecular complexity index is 397. The van der Waals surface area contributed by atoms with Crippen molar-refractivity contribution in [2.45, 2.75) is 31.9 Å². The first kappa shape index (κ1) is 12.8. The molecule has 2 rings (SSSR count). The van der Waals surface area contributed by atoms with Crippen molar-refractivity contribution in [1.82, 2.24) is 4.90 Å². The first-order valence-electron chi connectivity index (χ1n) is 5.94. The SMILES string of the molecule is O=C1OCCCC(C(F)F)N1Cc1ccccc1. The Morgan fingerprint density at radius 3 is 2.72 bits per heavy atom. The number of nitrogens with zero attached hydrogens (tertiary/aromatic N) is 1. The van der Waals surface area contributed by atoms with Gasteiger partial charge in [0.25, 0.3) is 6.43 Å². The van der Waals surface area contributed by atoms with Gasteiger partial charge in [0.15, 0.2) is 0 Å². The van der Waals surface area contributed by atoms with E-state index in [1.165, 1.54) is 0 Å². The van der Waals surface area contributed by atoms with Gasteiger partial charge in [0.2, 0.25) is 0 Å². The van der Waals surface area contributed by atoms with Gasteiger partial charge >= 0.3 is 6.09 Å². The molecule has 0 aromatic heterocycles. The second kappa shape index (κ2) is 5.80. The maximum Gasteiger partial charge on any atom is 0.410 e. The van der Waals surface area contributed by atoms with E-state index in [-0.39, 0.29) is 19.6 Å². The van der Waals surface area contributed by atoms with Gasteiger partial charge < -0.3 is 4.74 Å². The van der Waals surface area contributed by atoms with Crippen LogP contribution in [0, 0.1) is 0 Å². The van der Waals surface area contributed by atoms with Crippen LogP contribution in [0.25, 0.3) is 0 Å². The number of rotatable bonds is 3. The molecule has 1 heterocycles. The number of hydrogen-bond donors (Lipinski definition) is 0. The Hall–Kier alpha value is -1.65.